The van der Waals surface area contributed by atoms with E-state index < -0.39 is 0 Å². The number of aromatic nitrogens is 1. The summed E-state index contributed by atoms with van der Waals surface area (Å²) in [7, 11) is 0. The van der Waals surface area contributed by atoms with Crippen LogP contribution in [0.4, 0.5) is 0 Å². The second kappa shape index (κ2) is 7.29. The van der Waals surface area contributed by atoms with Gasteiger partial charge in [0.1, 0.15) is 0 Å². The predicted molar refractivity (Wildman–Crippen MR) is 95.4 cm³/mol. The van der Waals surface area contributed by atoms with Crippen molar-refractivity contribution >= 4 is 11.8 Å². The minimum atomic E-state index is -0.127. The molecule has 4 rings (SSSR count). The average Bonchev–Trinajstić information content (AvgIpc) is 3.34. The Morgan fingerprint density at radius 3 is 2.54 bits per heavy atom. The van der Waals surface area contributed by atoms with Gasteiger partial charge >= 0.3 is 0 Å². The number of rotatable bonds is 5. The van der Waals surface area contributed by atoms with Gasteiger partial charge < -0.3 is 14.7 Å². The SMILES string of the molecule is O=C(CN1CCN(C(=O)c2cc(-c3ccccc3)on2)CC1)NC1CC1. The van der Waals surface area contributed by atoms with Crippen LogP contribution in [0.15, 0.2) is 40.9 Å². The standard InChI is InChI=1S/C19H22N4O3/c24-18(20-15-6-7-15)13-22-8-10-23(11-9-22)19(25)16-12-17(26-21-16)14-4-2-1-3-5-14/h1-5,12,15H,6-11,13H2,(H,20,24). The second-order valence-corrected chi connectivity index (χ2v) is 6.85. The number of nitrogens with zero attached hydrogens (tertiary/aromatic N) is 3. The summed E-state index contributed by atoms with van der Waals surface area (Å²) in [4.78, 5) is 28.4. The normalized spacial score (nSPS) is 17.9. The van der Waals surface area contributed by atoms with E-state index in [-0.39, 0.29) is 11.8 Å². The van der Waals surface area contributed by atoms with Gasteiger partial charge in [-0.15, -0.1) is 0 Å². The number of hydrogen-bond donors (Lipinski definition) is 1. The summed E-state index contributed by atoms with van der Waals surface area (Å²) >= 11 is 0. The van der Waals surface area contributed by atoms with Gasteiger partial charge in [-0.05, 0) is 12.8 Å². The molecule has 7 heteroatoms. The predicted octanol–water partition coefficient (Wildman–Crippen LogP) is 1.38. The summed E-state index contributed by atoms with van der Waals surface area (Å²) in [6, 6.07) is 11.7. The Bertz CT molecular complexity index is 777. The maximum absolute atomic E-state index is 12.6. The minimum absolute atomic E-state index is 0.0799. The van der Waals surface area contributed by atoms with E-state index in [4.69, 9.17) is 4.52 Å². The first-order valence-corrected chi connectivity index (χ1v) is 9.02. The van der Waals surface area contributed by atoms with Crippen LogP contribution < -0.4 is 5.32 Å². The molecule has 0 unspecified atom stereocenters. The highest BCUT2D eigenvalue weighted by Gasteiger charge is 2.27. The van der Waals surface area contributed by atoms with Crippen molar-refractivity contribution in [3.8, 4) is 11.3 Å². The largest absolute Gasteiger partial charge is 0.355 e. The summed E-state index contributed by atoms with van der Waals surface area (Å²) in [6.07, 6.45) is 2.19. The molecule has 1 saturated heterocycles. The molecule has 0 spiro atoms. The lowest BCUT2D eigenvalue weighted by atomic mass is 10.1. The number of nitrogens with one attached hydrogen (secondary N) is 1. The van der Waals surface area contributed by atoms with E-state index in [0.717, 1.165) is 18.4 Å². The molecule has 2 aliphatic rings. The Morgan fingerprint density at radius 1 is 1.12 bits per heavy atom. The average molecular weight is 354 g/mol. The molecule has 136 valence electrons. The summed E-state index contributed by atoms with van der Waals surface area (Å²) < 4.78 is 5.32. The van der Waals surface area contributed by atoms with Crippen LogP contribution in [0, 0.1) is 0 Å². The molecule has 2 fully saturated rings. The molecule has 7 nitrogen and oxygen atoms in total. The van der Waals surface area contributed by atoms with Gasteiger partial charge in [0.05, 0.1) is 6.54 Å². The second-order valence-electron chi connectivity index (χ2n) is 6.85. The molecule has 0 bridgehead atoms. The van der Waals surface area contributed by atoms with Gasteiger partial charge in [-0.2, -0.15) is 0 Å². The van der Waals surface area contributed by atoms with Crippen LogP contribution in [0.2, 0.25) is 0 Å². The molecule has 1 saturated carbocycles. The fraction of sp³-hybridized carbons (Fsp3) is 0.421. The molecule has 2 aromatic rings. The first-order valence-electron chi connectivity index (χ1n) is 9.02. The number of carbonyl (C=O) groups excluding carboxylic acids is 2. The third-order valence-electron chi connectivity index (χ3n) is 4.76. The van der Waals surface area contributed by atoms with Crippen molar-refractivity contribution in [2.75, 3.05) is 32.7 Å². The van der Waals surface area contributed by atoms with E-state index >= 15 is 0 Å². The van der Waals surface area contributed by atoms with E-state index in [1.54, 1.807) is 11.0 Å². The van der Waals surface area contributed by atoms with Crippen molar-refractivity contribution in [2.24, 2.45) is 0 Å². The van der Waals surface area contributed by atoms with Gasteiger partial charge in [-0.1, -0.05) is 35.5 Å². The van der Waals surface area contributed by atoms with Gasteiger partial charge in [0, 0.05) is 43.9 Å². The van der Waals surface area contributed by atoms with Crippen molar-refractivity contribution in [3.63, 3.8) is 0 Å². The summed E-state index contributed by atoms with van der Waals surface area (Å²) in [5.41, 5.74) is 1.22. The van der Waals surface area contributed by atoms with Crippen molar-refractivity contribution in [1.29, 1.82) is 0 Å². The van der Waals surface area contributed by atoms with Crippen LogP contribution in [0.5, 0.6) is 0 Å². The van der Waals surface area contributed by atoms with Gasteiger partial charge in [-0.25, -0.2) is 0 Å². The molecule has 0 radical (unpaired) electrons. The number of benzene rings is 1. The van der Waals surface area contributed by atoms with Gasteiger partial charge in [-0.3, -0.25) is 14.5 Å². The Kier molecular flexibility index (Phi) is 4.71. The highest BCUT2D eigenvalue weighted by atomic mass is 16.5. The molecule has 0 atom stereocenters. The zero-order valence-electron chi connectivity index (χ0n) is 14.6. The lowest BCUT2D eigenvalue weighted by Gasteiger charge is -2.33. The Morgan fingerprint density at radius 2 is 1.85 bits per heavy atom. The summed E-state index contributed by atoms with van der Waals surface area (Å²) in [5, 5.41) is 6.93. The van der Waals surface area contributed by atoms with Gasteiger partial charge in [0.2, 0.25) is 5.91 Å². The first-order chi connectivity index (χ1) is 12.7. The topological polar surface area (TPSA) is 78.7 Å². The van der Waals surface area contributed by atoms with Crippen LogP contribution >= 0.6 is 0 Å². The van der Waals surface area contributed by atoms with Crippen molar-refractivity contribution < 1.29 is 14.1 Å². The highest BCUT2D eigenvalue weighted by Crippen LogP contribution is 2.21. The summed E-state index contributed by atoms with van der Waals surface area (Å²) in [5.74, 6) is 0.540. The molecular weight excluding hydrogens is 332 g/mol. The van der Waals surface area contributed by atoms with Crippen molar-refractivity contribution in [1.82, 2.24) is 20.3 Å². The molecule has 1 aromatic heterocycles. The van der Waals surface area contributed by atoms with Crippen molar-refractivity contribution in [2.45, 2.75) is 18.9 Å². The third-order valence-corrected chi connectivity index (χ3v) is 4.76. The van der Waals surface area contributed by atoms with E-state index in [0.29, 0.717) is 50.2 Å². The summed E-state index contributed by atoms with van der Waals surface area (Å²) in [6.45, 7) is 2.95. The van der Waals surface area contributed by atoms with E-state index in [1.807, 2.05) is 30.3 Å². The first kappa shape index (κ1) is 16.8. The fourth-order valence-corrected chi connectivity index (χ4v) is 3.09. The molecule has 2 heterocycles. The minimum Gasteiger partial charge on any atom is -0.355 e. The molecule has 1 N–H and O–H groups in total. The van der Waals surface area contributed by atoms with Crippen LogP contribution in [0.25, 0.3) is 11.3 Å². The number of amides is 2. The van der Waals surface area contributed by atoms with E-state index in [1.165, 1.54) is 0 Å². The smallest absolute Gasteiger partial charge is 0.276 e. The Labute approximate surface area is 151 Å². The Hall–Kier alpha value is -2.67. The lowest BCUT2D eigenvalue weighted by molar-refractivity contribution is -0.122. The number of hydrogen-bond acceptors (Lipinski definition) is 5. The van der Waals surface area contributed by atoms with Crippen LogP contribution in [-0.4, -0.2) is 65.5 Å². The number of piperazine rings is 1. The number of carbonyl (C=O) groups is 2. The van der Waals surface area contributed by atoms with E-state index in [2.05, 4.69) is 15.4 Å². The van der Waals surface area contributed by atoms with Crippen LogP contribution in [0.3, 0.4) is 0 Å². The van der Waals surface area contributed by atoms with Crippen LogP contribution in [0.1, 0.15) is 23.3 Å². The quantitative estimate of drug-likeness (QED) is 0.878. The highest BCUT2D eigenvalue weighted by molar-refractivity contribution is 5.93. The zero-order valence-corrected chi connectivity index (χ0v) is 14.6. The lowest BCUT2D eigenvalue weighted by Crippen LogP contribution is -2.51. The van der Waals surface area contributed by atoms with Crippen LogP contribution in [-0.2, 0) is 4.79 Å². The Balaban J connectivity index is 1.31. The fourth-order valence-electron chi connectivity index (χ4n) is 3.09. The van der Waals surface area contributed by atoms with Gasteiger partial charge in [0.25, 0.3) is 5.91 Å². The van der Waals surface area contributed by atoms with Crippen molar-refractivity contribution in [3.05, 3.63) is 42.1 Å². The molecule has 2 amide bonds. The monoisotopic (exact) mass is 354 g/mol. The van der Waals surface area contributed by atoms with E-state index in [9.17, 15) is 9.59 Å². The maximum Gasteiger partial charge on any atom is 0.276 e. The maximum atomic E-state index is 12.6. The molecule has 1 aromatic carbocycles. The van der Waals surface area contributed by atoms with Gasteiger partial charge in [0.15, 0.2) is 11.5 Å². The third kappa shape index (κ3) is 3.94. The molecular formula is C19H22N4O3. The molecule has 1 aliphatic heterocycles. The molecule has 1 aliphatic carbocycles. The molecule has 26 heavy (non-hydrogen) atoms. The zero-order chi connectivity index (χ0) is 17.9.